The van der Waals surface area contributed by atoms with Crippen LogP contribution in [0.1, 0.15) is 28.9 Å². The van der Waals surface area contributed by atoms with Crippen molar-refractivity contribution in [3.8, 4) is 11.5 Å². The van der Waals surface area contributed by atoms with Crippen molar-refractivity contribution in [2.75, 3.05) is 6.79 Å². The summed E-state index contributed by atoms with van der Waals surface area (Å²) in [7, 11) is 0. The predicted molar refractivity (Wildman–Crippen MR) is 82.6 cm³/mol. The van der Waals surface area contributed by atoms with Crippen LogP contribution in [0, 0.1) is 0 Å². The third kappa shape index (κ3) is 2.74. The molecule has 1 aliphatic heterocycles. The second kappa shape index (κ2) is 5.77. The van der Waals surface area contributed by atoms with Gasteiger partial charge in [-0.05, 0) is 30.7 Å². The topological polar surface area (TPSA) is 47.6 Å². The van der Waals surface area contributed by atoms with Crippen molar-refractivity contribution in [3.05, 3.63) is 58.1 Å². The highest BCUT2D eigenvalue weighted by atomic mass is 79.9. The van der Waals surface area contributed by atoms with Crippen LogP contribution in [0.3, 0.4) is 0 Å². The van der Waals surface area contributed by atoms with Crippen LogP contribution in [0.2, 0.25) is 0 Å². The number of ether oxygens (including phenoxy) is 2. The molecule has 1 heterocycles. The summed E-state index contributed by atoms with van der Waals surface area (Å²) < 4.78 is 11.6. The molecule has 0 radical (unpaired) electrons. The molecule has 0 bridgehead atoms. The summed E-state index contributed by atoms with van der Waals surface area (Å²) in [6.45, 7) is 2.10. The number of hydrogen-bond donors (Lipinski definition) is 1. The molecule has 0 spiro atoms. The van der Waals surface area contributed by atoms with Crippen LogP contribution in [-0.2, 0) is 0 Å². The molecule has 0 saturated heterocycles. The van der Waals surface area contributed by atoms with E-state index in [1.165, 1.54) is 0 Å². The fourth-order valence-corrected chi connectivity index (χ4v) is 2.92. The zero-order valence-electron chi connectivity index (χ0n) is 11.4. The molecule has 1 unspecified atom stereocenters. The largest absolute Gasteiger partial charge is 0.454 e. The van der Waals surface area contributed by atoms with Gasteiger partial charge in [0.2, 0.25) is 6.79 Å². The van der Waals surface area contributed by atoms with Crippen molar-refractivity contribution in [1.82, 2.24) is 5.32 Å². The Morgan fingerprint density at radius 1 is 1.19 bits per heavy atom. The van der Waals surface area contributed by atoms with E-state index < -0.39 is 0 Å². The molecule has 0 fully saturated rings. The van der Waals surface area contributed by atoms with E-state index in [0.29, 0.717) is 17.1 Å². The summed E-state index contributed by atoms with van der Waals surface area (Å²) >= 11 is 3.50. The van der Waals surface area contributed by atoms with Crippen LogP contribution in [-0.4, -0.2) is 12.7 Å². The summed E-state index contributed by atoms with van der Waals surface area (Å²) in [6, 6.07) is 13.0. The number of hydrogen-bond acceptors (Lipinski definition) is 3. The Labute approximate surface area is 131 Å². The first-order chi connectivity index (χ1) is 10.2. The number of carbonyl (C=O) groups is 1. The van der Waals surface area contributed by atoms with Gasteiger partial charge in [0.05, 0.1) is 11.6 Å². The van der Waals surface area contributed by atoms with Gasteiger partial charge >= 0.3 is 0 Å². The Morgan fingerprint density at radius 3 is 2.81 bits per heavy atom. The lowest BCUT2D eigenvalue weighted by Gasteiger charge is -2.16. The Bertz CT molecular complexity index is 687. The number of fused-ring (bicyclic) bond motifs is 1. The average Bonchev–Trinajstić information content (AvgIpc) is 2.95. The predicted octanol–water partition coefficient (Wildman–Crippen LogP) is 3.67. The van der Waals surface area contributed by atoms with Gasteiger partial charge < -0.3 is 14.8 Å². The van der Waals surface area contributed by atoms with E-state index >= 15 is 0 Å². The molecule has 0 saturated carbocycles. The lowest BCUT2D eigenvalue weighted by molar-refractivity contribution is 0.0935. The first-order valence-corrected chi connectivity index (χ1v) is 7.40. The first kappa shape index (κ1) is 13.9. The Balaban J connectivity index is 1.81. The minimum Gasteiger partial charge on any atom is -0.454 e. The Kier molecular flexibility index (Phi) is 3.84. The van der Waals surface area contributed by atoms with Crippen LogP contribution < -0.4 is 14.8 Å². The monoisotopic (exact) mass is 347 g/mol. The number of rotatable bonds is 3. The second-order valence-electron chi connectivity index (χ2n) is 4.76. The highest BCUT2D eigenvalue weighted by molar-refractivity contribution is 9.10. The van der Waals surface area contributed by atoms with Crippen LogP contribution in [0.5, 0.6) is 11.5 Å². The van der Waals surface area contributed by atoms with Gasteiger partial charge in [0.15, 0.2) is 11.5 Å². The summed E-state index contributed by atoms with van der Waals surface area (Å²) in [5.74, 6) is 0.936. The normalized spacial score (nSPS) is 13.8. The van der Waals surface area contributed by atoms with Gasteiger partial charge in [-0.25, -0.2) is 0 Å². The van der Waals surface area contributed by atoms with E-state index in [1.807, 2.05) is 31.2 Å². The number of halogens is 1. The highest BCUT2D eigenvalue weighted by Gasteiger charge is 2.23. The van der Waals surface area contributed by atoms with Crippen molar-refractivity contribution in [3.63, 3.8) is 0 Å². The molecule has 21 heavy (non-hydrogen) atoms. The summed E-state index contributed by atoms with van der Waals surface area (Å²) in [5, 5.41) is 2.98. The maximum atomic E-state index is 12.4. The number of carbonyl (C=O) groups excluding carboxylic acids is 1. The minimum atomic E-state index is -0.180. The smallest absolute Gasteiger partial charge is 0.255 e. The van der Waals surface area contributed by atoms with E-state index in [4.69, 9.17) is 9.47 Å². The third-order valence-corrected chi connectivity index (χ3v) is 4.08. The highest BCUT2D eigenvalue weighted by Crippen LogP contribution is 2.35. The molecule has 108 valence electrons. The van der Waals surface area contributed by atoms with Gasteiger partial charge in [-0.1, -0.05) is 40.2 Å². The van der Waals surface area contributed by atoms with Crippen LogP contribution in [0.25, 0.3) is 0 Å². The van der Waals surface area contributed by atoms with Crippen molar-refractivity contribution in [2.24, 2.45) is 0 Å². The molecule has 0 aliphatic carbocycles. The third-order valence-electron chi connectivity index (χ3n) is 3.36. The lowest BCUT2D eigenvalue weighted by atomic mass is 10.1. The van der Waals surface area contributed by atoms with Crippen molar-refractivity contribution >= 4 is 21.8 Å². The molecule has 1 amide bonds. The second-order valence-corrected chi connectivity index (χ2v) is 5.61. The van der Waals surface area contributed by atoms with Gasteiger partial charge in [0.1, 0.15) is 0 Å². The number of amides is 1. The maximum absolute atomic E-state index is 12.4. The molecule has 1 atom stereocenters. The zero-order chi connectivity index (χ0) is 14.8. The number of para-hydroxylation sites is 1. The van der Waals surface area contributed by atoms with Gasteiger partial charge in [0, 0.05) is 4.47 Å². The molecular formula is C16H14BrNO3. The summed E-state index contributed by atoms with van der Waals surface area (Å²) in [4.78, 5) is 12.4. The number of benzene rings is 2. The minimum absolute atomic E-state index is 0.119. The summed E-state index contributed by atoms with van der Waals surface area (Å²) in [5.41, 5.74) is 1.51. The van der Waals surface area contributed by atoms with Crippen LogP contribution in [0.4, 0.5) is 0 Å². The fourth-order valence-electron chi connectivity index (χ4n) is 2.29. The molecule has 1 N–H and O–H groups in total. The van der Waals surface area contributed by atoms with Gasteiger partial charge in [-0.3, -0.25) is 4.79 Å². The van der Waals surface area contributed by atoms with Crippen molar-refractivity contribution in [2.45, 2.75) is 13.0 Å². The lowest BCUT2D eigenvalue weighted by Crippen LogP contribution is -2.27. The fraction of sp³-hybridized carbons (Fsp3) is 0.188. The van der Waals surface area contributed by atoms with E-state index in [2.05, 4.69) is 21.2 Å². The quantitative estimate of drug-likeness (QED) is 0.921. The SMILES string of the molecule is CC(NC(=O)c1cccc2c1OCO2)c1ccccc1Br. The van der Waals surface area contributed by atoms with E-state index in [0.717, 1.165) is 10.0 Å². The van der Waals surface area contributed by atoms with Crippen LogP contribution >= 0.6 is 15.9 Å². The standard InChI is InChI=1S/C16H14BrNO3/c1-10(11-5-2-3-7-13(11)17)18-16(19)12-6-4-8-14-15(12)21-9-20-14/h2-8,10H,9H2,1H3,(H,18,19). The Morgan fingerprint density at radius 2 is 2.00 bits per heavy atom. The molecule has 2 aromatic rings. The molecular weight excluding hydrogens is 334 g/mol. The number of nitrogens with one attached hydrogen (secondary N) is 1. The van der Waals surface area contributed by atoms with Gasteiger partial charge in [-0.2, -0.15) is 0 Å². The van der Waals surface area contributed by atoms with Crippen molar-refractivity contribution < 1.29 is 14.3 Å². The first-order valence-electron chi connectivity index (χ1n) is 6.60. The molecule has 1 aliphatic rings. The summed E-state index contributed by atoms with van der Waals surface area (Å²) in [6.07, 6.45) is 0. The van der Waals surface area contributed by atoms with E-state index in [9.17, 15) is 4.79 Å². The average molecular weight is 348 g/mol. The molecule has 4 nitrogen and oxygen atoms in total. The zero-order valence-corrected chi connectivity index (χ0v) is 13.0. The molecule has 2 aromatic carbocycles. The van der Waals surface area contributed by atoms with E-state index in [-0.39, 0.29) is 18.7 Å². The molecule has 0 aromatic heterocycles. The van der Waals surface area contributed by atoms with Gasteiger partial charge in [-0.15, -0.1) is 0 Å². The van der Waals surface area contributed by atoms with E-state index in [1.54, 1.807) is 18.2 Å². The van der Waals surface area contributed by atoms with Crippen LogP contribution in [0.15, 0.2) is 46.9 Å². The Hall–Kier alpha value is -2.01. The molecule has 5 heteroatoms. The molecule has 3 rings (SSSR count). The van der Waals surface area contributed by atoms with Gasteiger partial charge in [0.25, 0.3) is 5.91 Å². The maximum Gasteiger partial charge on any atom is 0.255 e. The van der Waals surface area contributed by atoms with Crippen molar-refractivity contribution in [1.29, 1.82) is 0 Å².